The first-order chi connectivity index (χ1) is 13.1. The fraction of sp³-hybridized carbons (Fsp3) is 0.278. The number of anilines is 1. The van der Waals surface area contributed by atoms with Gasteiger partial charge in [0.1, 0.15) is 18.2 Å². The second kappa shape index (κ2) is 7.36. The molecular formula is C18H20N8S. The number of hydrogen-bond acceptors (Lipinski definition) is 7. The van der Waals surface area contributed by atoms with Gasteiger partial charge in [0.05, 0.1) is 12.0 Å². The van der Waals surface area contributed by atoms with Crippen molar-refractivity contribution >= 4 is 28.7 Å². The molecule has 0 amide bonds. The zero-order valence-corrected chi connectivity index (χ0v) is 16.0. The van der Waals surface area contributed by atoms with Gasteiger partial charge in [0.2, 0.25) is 0 Å². The summed E-state index contributed by atoms with van der Waals surface area (Å²) < 4.78 is 4.04. The molecule has 0 fully saturated rings. The van der Waals surface area contributed by atoms with Gasteiger partial charge in [-0.15, -0.1) is 10.2 Å². The molecule has 8 nitrogen and oxygen atoms in total. The van der Waals surface area contributed by atoms with Crippen LogP contribution in [0.3, 0.4) is 0 Å². The Morgan fingerprint density at radius 1 is 1.11 bits per heavy atom. The first kappa shape index (κ1) is 17.5. The van der Waals surface area contributed by atoms with Crippen molar-refractivity contribution in [1.29, 1.82) is 0 Å². The molecule has 27 heavy (non-hydrogen) atoms. The van der Waals surface area contributed by atoms with Crippen molar-refractivity contribution in [3.63, 3.8) is 0 Å². The van der Waals surface area contributed by atoms with Crippen LogP contribution in [0.15, 0.2) is 42.3 Å². The monoisotopic (exact) mass is 380 g/mol. The third kappa shape index (κ3) is 3.50. The molecular weight excluding hydrogens is 360 g/mol. The van der Waals surface area contributed by atoms with Crippen LogP contribution < -0.4 is 5.73 Å². The zero-order chi connectivity index (χ0) is 18.8. The standard InChI is InChI=1S/C18H20N8S/c1-12-4-5-14(13(2)8-12)26-11-23-24-18(26)27-7-3-6-25-10-22-15-16(19)20-9-21-17(15)25/h4-5,8-11H,3,6-7H2,1-2H3,(H2,19,20,21). The molecule has 9 heteroatoms. The number of nitrogen functional groups attached to an aromatic ring is 1. The lowest BCUT2D eigenvalue weighted by Gasteiger charge is -2.10. The van der Waals surface area contributed by atoms with Gasteiger partial charge in [-0.1, -0.05) is 29.5 Å². The molecule has 0 bridgehead atoms. The maximum atomic E-state index is 5.83. The molecule has 0 saturated heterocycles. The summed E-state index contributed by atoms with van der Waals surface area (Å²) in [6.45, 7) is 5.00. The molecule has 0 aliphatic carbocycles. The Hall–Kier alpha value is -2.94. The Balaban J connectivity index is 1.41. The number of aromatic nitrogens is 7. The highest BCUT2D eigenvalue weighted by atomic mass is 32.2. The molecule has 0 aliphatic heterocycles. The van der Waals surface area contributed by atoms with Crippen LogP contribution in [0.1, 0.15) is 17.5 Å². The molecule has 3 aromatic heterocycles. The Bertz CT molecular complexity index is 1080. The van der Waals surface area contributed by atoms with Crippen molar-refractivity contribution in [3.05, 3.63) is 48.3 Å². The van der Waals surface area contributed by atoms with Crippen molar-refractivity contribution in [1.82, 2.24) is 34.3 Å². The quantitative estimate of drug-likeness (QED) is 0.405. The molecule has 0 radical (unpaired) electrons. The lowest BCUT2D eigenvalue weighted by atomic mass is 10.1. The van der Waals surface area contributed by atoms with E-state index in [9.17, 15) is 0 Å². The Morgan fingerprint density at radius 2 is 2.00 bits per heavy atom. The smallest absolute Gasteiger partial charge is 0.195 e. The van der Waals surface area contributed by atoms with E-state index in [4.69, 9.17) is 5.73 Å². The molecule has 4 rings (SSSR count). The average molecular weight is 380 g/mol. The lowest BCUT2D eigenvalue weighted by molar-refractivity contribution is 0.695. The second-order valence-electron chi connectivity index (χ2n) is 6.34. The van der Waals surface area contributed by atoms with Crippen LogP contribution >= 0.6 is 11.8 Å². The number of fused-ring (bicyclic) bond motifs is 1. The highest BCUT2D eigenvalue weighted by Gasteiger charge is 2.10. The zero-order valence-electron chi connectivity index (χ0n) is 15.2. The predicted molar refractivity (Wildman–Crippen MR) is 106 cm³/mol. The minimum Gasteiger partial charge on any atom is -0.382 e. The maximum Gasteiger partial charge on any atom is 0.195 e. The number of nitrogens with two attached hydrogens (primary N) is 1. The van der Waals surface area contributed by atoms with Gasteiger partial charge in [0, 0.05) is 12.3 Å². The second-order valence-corrected chi connectivity index (χ2v) is 7.41. The van der Waals surface area contributed by atoms with E-state index in [1.165, 1.54) is 17.5 Å². The molecule has 0 aliphatic rings. The van der Waals surface area contributed by atoms with Gasteiger partial charge < -0.3 is 10.3 Å². The van der Waals surface area contributed by atoms with Gasteiger partial charge in [0.15, 0.2) is 16.6 Å². The minimum atomic E-state index is 0.412. The fourth-order valence-corrected chi connectivity index (χ4v) is 3.87. The normalized spacial score (nSPS) is 11.3. The predicted octanol–water partition coefficient (Wildman–Crippen LogP) is 2.79. The molecule has 0 spiro atoms. The summed E-state index contributed by atoms with van der Waals surface area (Å²) in [5.74, 6) is 1.32. The van der Waals surface area contributed by atoms with E-state index in [2.05, 4.69) is 57.2 Å². The van der Waals surface area contributed by atoms with Crippen LogP contribution in [0.2, 0.25) is 0 Å². The summed E-state index contributed by atoms with van der Waals surface area (Å²) in [6.07, 6.45) is 5.94. The number of rotatable bonds is 6. The number of imidazole rings is 1. The van der Waals surface area contributed by atoms with Crippen LogP contribution in [-0.2, 0) is 6.54 Å². The van der Waals surface area contributed by atoms with Crippen molar-refractivity contribution in [3.8, 4) is 5.69 Å². The summed E-state index contributed by atoms with van der Waals surface area (Å²) in [4.78, 5) is 12.5. The van der Waals surface area contributed by atoms with E-state index in [1.807, 2.05) is 9.13 Å². The molecule has 0 unspecified atom stereocenters. The van der Waals surface area contributed by atoms with E-state index in [1.54, 1.807) is 24.4 Å². The molecule has 2 N–H and O–H groups in total. The van der Waals surface area contributed by atoms with Crippen LogP contribution in [-0.4, -0.2) is 40.0 Å². The van der Waals surface area contributed by atoms with E-state index < -0.39 is 0 Å². The van der Waals surface area contributed by atoms with Crippen molar-refractivity contribution < 1.29 is 0 Å². The van der Waals surface area contributed by atoms with E-state index >= 15 is 0 Å². The highest BCUT2D eigenvalue weighted by molar-refractivity contribution is 7.99. The van der Waals surface area contributed by atoms with E-state index in [-0.39, 0.29) is 0 Å². The summed E-state index contributed by atoms with van der Waals surface area (Å²) in [5, 5.41) is 9.25. The molecule has 3 heterocycles. The fourth-order valence-electron chi connectivity index (χ4n) is 3.02. The third-order valence-electron chi connectivity index (χ3n) is 4.33. The van der Waals surface area contributed by atoms with Crippen LogP contribution in [0.5, 0.6) is 0 Å². The molecule has 0 saturated carbocycles. The maximum absolute atomic E-state index is 5.83. The number of thioether (sulfide) groups is 1. The van der Waals surface area contributed by atoms with Crippen LogP contribution in [0.25, 0.3) is 16.9 Å². The SMILES string of the molecule is Cc1ccc(-n2cnnc2SCCCn2cnc3c(N)ncnc32)c(C)c1. The first-order valence-corrected chi connectivity index (χ1v) is 9.64. The third-order valence-corrected chi connectivity index (χ3v) is 5.36. The van der Waals surface area contributed by atoms with Gasteiger partial charge >= 0.3 is 0 Å². The van der Waals surface area contributed by atoms with Gasteiger partial charge in [0.25, 0.3) is 0 Å². The number of aryl methyl sites for hydroxylation is 3. The topological polar surface area (TPSA) is 100 Å². The largest absolute Gasteiger partial charge is 0.382 e. The first-order valence-electron chi connectivity index (χ1n) is 8.65. The Kier molecular flexibility index (Phi) is 4.76. The molecule has 4 aromatic rings. The Labute approximate surface area is 160 Å². The Morgan fingerprint density at radius 3 is 2.85 bits per heavy atom. The van der Waals surface area contributed by atoms with E-state index in [0.717, 1.165) is 35.2 Å². The minimum absolute atomic E-state index is 0.412. The van der Waals surface area contributed by atoms with Crippen molar-refractivity contribution in [2.75, 3.05) is 11.5 Å². The van der Waals surface area contributed by atoms with E-state index in [0.29, 0.717) is 11.3 Å². The molecule has 138 valence electrons. The van der Waals surface area contributed by atoms with Crippen LogP contribution in [0, 0.1) is 13.8 Å². The molecule has 1 aromatic carbocycles. The van der Waals surface area contributed by atoms with Gasteiger partial charge in [-0.25, -0.2) is 15.0 Å². The summed E-state index contributed by atoms with van der Waals surface area (Å²) in [5.41, 5.74) is 10.8. The number of hydrogen-bond donors (Lipinski definition) is 1. The number of nitrogens with zero attached hydrogens (tertiary/aromatic N) is 7. The van der Waals surface area contributed by atoms with Crippen molar-refractivity contribution in [2.45, 2.75) is 32.0 Å². The summed E-state index contributed by atoms with van der Waals surface area (Å²) >= 11 is 1.69. The van der Waals surface area contributed by atoms with Gasteiger partial charge in [-0.2, -0.15) is 0 Å². The number of benzene rings is 1. The van der Waals surface area contributed by atoms with Gasteiger partial charge in [-0.05, 0) is 31.9 Å². The summed E-state index contributed by atoms with van der Waals surface area (Å²) in [6, 6.07) is 6.38. The highest BCUT2D eigenvalue weighted by Crippen LogP contribution is 2.23. The average Bonchev–Trinajstić information content (AvgIpc) is 3.27. The van der Waals surface area contributed by atoms with Crippen LogP contribution in [0.4, 0.5) is 5.82 Å². The van der Waals surface area contributed by atoms with Crippen molar-refractivity contribution in [2.24, 2.45) is 0 Å². The van der Waals surface area contributed by atoms with Gasteiger partial charge in [-0.3, -0.25) is 4.57 Å². The molecule has 0 atom stereocenters. The summed E-state index contributed by atoms with van der Waals surface area (Å²) in [7, 11) is 0. The lowest BCUT2D eigenvalue weighted by Crippen LogP contribution is -2.02.